The second-order valence-electron chi connectivity index (χ2n) is 5.87. The van der Waals surface area contributed by atoms with Crippen molar-refractivity contribution in [2.75, 3.05) is 0 Å². The summed E-state index contributed by atoms with van der Waals surface area (Å²) in [6.07, 6.45) is 7.47. The number of hydrogen-bond acceptors (Lipinski definition) is 4. The largest absolute Gasteiger partial charge is 0.338 e. The minimum atomic E-state index is -0.420. The number of nitrogens with one attached hydrogen (secondary N) is 1. The van der Waals surface area contributed by atoms with Gasteiger partial charge in [0.2, 0.25) is 0 Å². The molecule has 4 aromatic rings. The van der Waals surface area contributed by atoms with Crippen LogP contribution in [0, 0.1) is 10.1 Å². The first-order chi connectivity index (χ1) is 12.7. The van der Waals surface area contributed by atoms with Crippen LogP contribution in [-0.4, -0.2) is 24.7 Å². The fourth-order valence-corrected chi connectivity index (χ4v) is 2.71. The normalized spacial score (nSPS) is 11.4. The van der Waals surface area contributed by atoms with Crippen LogP contribution < -0.4 is 0 Å². The van der Waals surface area contributed by atoms with Gasteiger partial charge in [0.25, 0.3) is 5.69 Å². The van der Waals surface area contributed by atoms with E-state index >= 15 is 0 Å². The molecule has 2 aromatic heterocycles. The van der Waals surface area contributed by atoms with Gasteiger partial charge < -0.3 is 4.98 Å². The van der Waals surface area contributed by atoms with Crippen LogP contribution in [0.1, 0.15) is 17.0 Å². The lowest BCUT2D eigenvalue weighted by molar-refractivity contribution is -0.384. The monoisotopic (exact) mass is 345 g/mol. The van der Waals surface area contributed by atoms with Crippen LogP contribution in [0.3, 0.4) is 0 Å². The van der Waals surface area contributed by atoms with Crippen LogP contribution in [0.2, 0.25) is 0 Å². The zero-order chi connectivity index (χ0) is 17.9. The summed E-state index contributed by atoms with van der Waals surface area (Å²) < 4.78 is 1.87. The fraction of sp³-hybridized carbons (Fsp3) is 0.0526. The summed E-state index contributed by atoms with van der Waals surface area (Å²) in [4.78, 5) is 17.9. The number of aromatic amines is 1. The average Bonchev–Trinajstić information content (AvgIpc) is 3.26. The van der Waals surface area contributed by atoms with Crippen LogP contribution in [0.5, 0.6) is 0 Å². The number of benzene rings is 2. The predicted octanol–water partition coefficient (Wildman–Crippen LogP) is 3.89. The maximum atomic E-state index is 10.8. The molecule has 0 unspecified atom stereocenters. The summed E-state index contributed by atoms with van der Waals surface area (Å²) in [6.45, 7) is 0.711. The molecule has 0 atom stereocenters. The Labute approximate surface area is 148 Å². The van der Waals surface area contributed by atoms with Gasteiger partial charge in [-0.3, -0.25) is 14.8 Å². The molecular weight excluding hydrogens is 330 g/mol. The lowest BCUT2D eigenvalue weighted by Crippen LogP contribution is -1.99. The van der Waals surface area contributed by atoms with Gasteiger partial charge in [0.1, 0.15) is 5.82 Å². The van der Waals surface area contributed by atoms with E-state index in [1.807, 2.05) is 41.2 Å². The summed E-state index contributed by atoms with van der Waals surface area (Å²) in [5.74, 6) is 0.635. The third kappa shape index (κ3) is 3.36. The van der Waals surface area contributed by atoms with Crippen molar-refractivity contribution in [1.29, 1.82) is 0 Å². The van der Waals surface area contributed by atoms with Crippen molar-refractivity contribution in [3.05, 3.63) is 88.0 Å². The molecule has 4 rings (SSSR count). The van der Waals surface area contributed by atoms with Gasteiger partial charge in [0.05, 0.1) is 28.7 Å². The van der Waals surface area contributed by atoms with E-state index < -0.39 is 4.92 Å². The smallest absolute Gasteiger partial charge is 0.271 e. The molecule has 0 radical (unpaired) electrons. The molecule has 0 aliphatic carbocycles. The number of non-ortho nitro benzene ring substituents is 1. The first-order valence-electron chi connectivity index (χ1n) is 8.06. The lowest BCUT2D eigenvalue weighted by Gasteiger charge is -2.00. The third-order valence-electron chi connectivity index (χ3n) is 3.97. The molecule has 0 saturated heterocycles. The first-order valence-corrected chi connectivity index (χ1v) is 8.06. The van der Waals surface area contributed by atoms with Gasteiger partial charge in [0.15, 0.2) is 0 Å². The second kappa shape index (κ2) is 6.64. The van der Waals surface area contributed by atoms with E-state index in [2.05, 4.69) is 27.2 Å². The average molecular weight is 345 g/mol. The van der Waals surface area contributed by atoms with Crippen LogP contribution in [-0.2, 0) is 6.54 Å². The molecule has 128 valence electrons. The Balaban J connectivity index is 1.51. The molecule has 0 fully saturated rings. The molecule has 0 bridgehead atoms. The number of rotatable bonds is 5. The van der Waals surface area contributed by atoms with Crippen molar-refractivity contribution in [3.8, 4) is 0 Å². The van der Waals surface area contributed by atoms with E-state index in [1.54, 1.807) is 12.3 Å². The predicted molar refractivity (Wildman–Crippen MR) is 99.4 cm³/mol. The van der Waals surface area contributed by atoms with E-state index in [9.17, 15) is 10.1 Å². The van der Waals surface area contributed by atoms with E-state index in [1.165, 1.54) is 17.7 Å². The van der Waals surface area contributed by atoms with Crippen LogP contribution in [0.15, 0.2) is 60.9 Å². The number of H-pyrrole nitrogens is 1. The van der Waals surface area contributed by atoms with Crippen molar-refractivity contribution in [3.63, 3.8) is 0 Å². The molecule has 26 heavy (non-hydrogen) atoms. The fourth-order valence-electron chi connectivity index (χ4n) is 2.71. The SMILES string of the molecule is O=[N+]([O-])c1ccc2nc(/C=C/c3cnn(Cc4ccccc4)c3)[nH]c2c1. The minimum absolute atomic E-state index is 0.0406. The molecule has 0 aliphatic rings. The number of hydrogen-bond donors (Lipinski definition) is 1. The van der Waals surface area contributed by atoms with Crippen molar-refractivity contribution in [2.45, 2.75) is 6.54 Å². The highest BCUT2D eigenvalue weighted by atomic mass is 16.6. The Morgan fingerprint density at radius 1 is 1.15 bits per heavy atom. The topological polar surface area (TPSA) is 89.6 Å². The van der Waals surface area contributed by atoms with E-state index in [4.69, 9.17) is 0 Å². The lowest BCUT2D eigenvalue weighted by atomic mass is 10.2. The Morgan fingerprint density at radius 3 is 2.81 bits per heavy atom. The Hall–Kier alpha value is -3.74. The Morgan fingerprint density at radius 2 is 2.00 bits per heavy atom. The standard InChI is InChI=1S/C19H15N5O2/c25-24(26)16-7-8-17-18(10-16)22-19(21-17)9-6-15-11-20-23(13-15)12-14-4-2-1-3-5-14/h1-11,13H,12H2,(H,21,22)/b9-6+. The van der Waals surface area contributed by atoms with Crippen molar-refractivity contribution in [2.24, 2.45) is 0 Å². The van der Waals surface area contributed by atoms with Crippen LogP contribution in [0.25, 0.3) is 23.2 Å². The maximum absolute atomic E-state index is 10.8. The third-order valence-corrected chi connectivity index (χ3v) is 3.97. The zero-order valence-corrected chi connectivity index (χ0v) is 13.7. The molecule has 0 spiro atoms. The van der Waals surface area contributed by atoms with Gasteiger partial charge >= 0.3 is 0 Å². The highest BCUT2D eigenvalue weighted by molar-refractivity contribution is 5.80. The molecular formula is C19H15N5O2. The van der Waals surface area contributed by atoms with Crippen LogP contribution in [0.4, 0.5) is 5.69 Å². The van der Waals surface area contributed by atoms with Crippen molar-refractivity contribution in [1.82, 2.24) is 19.7 Å². The Kier molecular flexibility index (Phi) is 4.03. The number of nitrogens with zero attached hydrogens (tertiary/aromatic N) is 4. The van der Waals surface area contributed by atoms with E-state index in [0.717, 1.165) is 5.56 Å². The number of nitro benzene ring substituents is 1. The molecule has 0 amide bonds. The van der Waals surface area contributed by atoms with Crippen LogP contribution >= 0.6 is 0 Å². The van der Waals surface area contributed by atoms with Gasteiger partial charge in [-0.05, 0) is 23.8 Å². The van der Waals surface area contributed by atoms with Gasteiger partial charge in [-0.25, -0.2) is 4.98 Å². The maximum Gasteiger partial charge on any atom is 0.271 e. The number of nitro groups is 1. The van der Waals surface area contributed by atoms with Gasteiger partial charge in [0, 0.05) is 23.9 Å². The van der Waals surface area contributed by atoms with Gasteiger partial charge in [-0.2, -0.15) is 5.10 Å². The van der Waals surface area contributed by atoms with Crippen molar-refractivity contribution >= 4 is 28.9 Å². The first kappa shape index (κ1) is 15.8. The molecule has 7 heteroatoms. The van der Waals surface area contributed by atoms with Gasteiger partial charge in [-0.15, -0.1) is 0 Å². The highest BCUT2D eigenvalue weighted by Gasteiger charge is 2.08. The molecule has 0 aliphatic heterocycles. The summed E-state index contributed by atoms with van der Waals surface area (Å²) in [7, 11) is 0. The minimum Gasteiger partial charge on any atom is -0.338 e. The number of imidazole rings is 1. The number of aromatic nitrogens is 4. The highest BCUT2D eigenvalue weighted by Crippen LogP contribution is 2.19. The quantitative estimate of drug-likeness (QED) is 0.439. The summed E-state index contributed by atoms with van der Waals surface area (Å²) >= 11 is 0. The molecule has 7 nitrogen and oxygen atoms in total. The van der Waals surface area contributed by atoms with E-state index in [0.29, 0.717) is 23.4 Å². The summed E-state index contributed by atoms with van der Waals surface area (Å²) in [5, 5.41) is 15.2. The molecule has 2 heterocycles. The number of fused-ring (bicyclic) bond motifs is 1. The molecule has 2 aromatic carbocycles. The molecule has 0 saturated carbocycles. The zero-order valence-electron chi connectivity index (χ0n) is 13.7. The second-order valence-corrected chi connectivity index (χ2v) is 5.87. The summed E-state index contributed by atoms with van der Waals surface area (Å²) in [5.41, 5.74) is 3.50. The summed E-state index contributed by atoms with van der Waals surface area (Å²) in [6, 6.07) is 14.7. The van der Waals surface area contributed by atoms with Gasteiger partial charge in [-0.1, -0.05) is 30.3 Å². The van der Waals surface area contributed by atoms with Crippen molar-refractivity contribution < 1.29 is 4.92 Å². The Bertz CT molecular complexity index is 1100. The van der Waals surface area contributed by atoms with E-state index in [-0.39, 0.29) is 5.69 Å². The molecule has 1 N–H and O–H groups in total.